The molecular formula is C29H40Cl2N2OS. The lowest BCUT2D eigenvalue weighted by Gasteiger charge is -2.38. The predicted octanol–water partition coefficient (Wildman–Crippen LogP) is 7.46. The Labute approximate surface area is 225 Å². The Bertz CT molecular complexity index is 936. The highest BCUT2D eigenvalue weighted by Gasteiger charge is 2.37. The lowest BCUT2D eigenvalue weighted by atomic mass is 9.80. The minimum absolute atomic E-state index is 0.387. The largest absolute Gasteiger partial charge is 0.390 e. The van der Waals surface area contributed by atoms with Crippen molar-refractivity contribution in [1.29, 1.82) is 0 Å². The number of aliphatic hydroxyl groups is 1. The predicted molar refractivity (Wildman–Crippen MR) is 149 cm³/mol. The van der Waals surface area contributed by atoms with E-state index >= 15 is 0 Å². The average molecular weight is 536 g/mol. The van der Waals surface area contributed by atoms with E-state index in [4.69, 9.17) is 23.2 Å². The number of hydrogen-bond acceptors (Lipinski definition) is 4. The van der Waals surface area contributed by atoms with Gasteiger partial charge in [0, 0.05) is 42.1 Å². The van der Waals surface area contributed by atoms with E-state index in [1.54, 1.807) is 0 Å². The molecule has 1 saturated carbocycles. The van der Waals surface area contributed by atoms with Crippen LogP contribution < -0.4 is 0 Å². The Morgan fingerprint density at radius 2 is 1.74 bits per heavy atom. The fourth-order valence-corrected chi connectivity index (χ4v) is 8.06. The Hall–Kier alpha value is -0.620. The molecule has 3 aliphatic rings. The average Bonchev–Trinajstić information content (AvgIpc) is 3.44. The number of piperidine rings is 1. The number of nitrogens with zero attached hydrogens (tertiary/aromatic N) is 2. The van der Waals surface area contributed by atoms with Crippen molar-refractivity contribution in [3.63, 3.8) is 0 Å². The molecule has 2 aliphatic heterocycles. The fourth-order valence-electron chi connectivity index (χ4n) is 6.86. The quantitative estimate of drug-likeness (QED) is 0.373. The summed E-state index contributed by atoms with van der Waals surface area (Å²) in [5, 5.41) is 17.2. The van der Waals surface area contributed by atoms with Crippen molar-refractivity contribution in [3.05, 3.63) is 56.2 Å². The van der Waals surface area contributed by atoms with Gasteiger partial charge < -0.3 is 10.0 Å². The number of hydrogen-bond donors (Lipinski definition) is 1. The van der Waals surface area contributed by atoms with Gasteiger partial charge >= 0.3 is 0 Å². The smallest absolute Gasteiger partial charge is 0.0650 e. The maximum Gasteiger partial charge on any atom is 0.0650 e. The van der Waals surface area contributed by atoms with E-state index < -0.39 is 0 Å². The molecule has 1 N–H and O–H groups in total. The van der Waals surface area contributed by atoms with Crippen molar-refractivity contribution < 1.29 is 5.11 Å². The summed E-state index contributed by atoms with van der Waals surface area (Å²) < 4.78 is 0. The zero-order valence-corrected chi connectivity index (χ0v) is 23.1. The highest BCUT2D eigenvalue weighted by atomic mass is 35.5. The maximum atomic E-state index is 11.2. The van der Waals surface area contributed by atoms with E-state index in [9.17, 15) is 5.11 Å². The first kappa shape index (κ1) is 26.0. The third-order valence-corrected chi connectivity index (χ3v) is 10.1. The third-order valence-electron chi connectivity index (χ3n) is 8.80. The molecular weight excluding hydrogens is 495 g/mol. The van der Waals surface area contributed by atoms with Gasteiger partial charge in [-0.1, -0.05) is 55.0 Å². The highest BCUT2D eigenvalue weighted by molar-refractivity contribution is 7.08. The van der Waals surface area contributed by atoms with E-state index in [0.29, 0.717) is 22.8 Å². The zero-order chi connectivity index (χ0) is 24.3. The van der Waals surface area contributed by atoms with Gasteiger partial charge in [0.25, 0.3) is 0 Å². The topological polar surface area (TPSA) is 26.7 Å². The van der Waals surface area contributed by atoms with Crippen LogP contribution in [0.25, 0.3) is 0 Å². The van der Waals surface area contributed by atoms with Crippen LogP contribution in [-0.4, -0.2) is 53.2 Å². The molecule has 0 spiro atoms. The molecule has 2 aromatic rings. The van der Waals surface area contributed by atoms with Crippen molar-refractivity contribution in [3.8, 4) is 0 Å². The summed E-state index contributed by atoms with van der Waals surface area (Å²) in [6.45, 7) is 6.60. The Morgan fingerprint density at radius 1 is 0.971 bits per heavy atom. The van der Waals surface area contributed by atoms with Crippen LogP contribution in [-0.2, 0) is 6.54 Å². The monoisotopic (exact) mass is 534 g/mol. The van der Waals surface area contributed by atoms with Crippen LogP contribution >= 0.6 is 34.5 Å². The molecule has 0 amide bonds. The van der Waals surface area contributed by atoms with Gasteiger partial charge in [-0.15, -0.1) is 0 Å². The summed E-state index contributed by atoms with van der Waals surface area (Å²) in [6, 6.07) is 8.20. The molecule has 2 saturated heterocycles. The van der Waals surface area contributed by atoms with Crippen LogP contribution in [0.15, 0.2) is 35.0 Å². The molecule has 192 valence electrons. The normalized spacial score (nSPS) is 26.7. The second kappa shape index (κ2) is 11.8. The van der Waals surface area contributed by atoms with Gasteiger partial charge in [-0.05, 0) is 97.1 Å². The minimum atomic E-state index is -0.387. The molecule has 3 nitrogen and oxygen atoms in total. The molecule has 35 heavy (non-hydrogen) atoms. The van der Waals surface area contributed by atoms with Crippen LogP contribution in [0, 0.1) is 11.8 Å². The molecule has 3 fully saturated rings. The minimum Gasteiger partial charge on any atom is -0.390 e. The fraction of sp³-hybridized carbons (Fsp3) is 0.655. The van der Waals surface area contributed by atoms with Crippen molar-refractivity contribution >= 4 is 34.5 Å². The standard InChI is InChI=1S/C29H40Cl2N2OS/c30-26-6-5-23(28(31)15-26)17-33-19-25(27(20-33)24-9-14-35-21-24)18-32-12-7-22(8-13-32)16-29(34)10-3-1-2-4-11-29/h5-6,9,14-15,21-22,25,27,34H,1-4,7-8,10-13,16-20H2. The van der Waals surface area contributed by atoms with E-state index in [-0.39, 0.29) is 5.60 Å². The van der Waals surface area contributed by atoms with Crippen LogP contribution in [0.5, 0.6) is 0 Å². The molecule has 0 radical (unpaired) electrons. The molecule has 1 aliphatic carbocycles. The van der Waals surface area contributed by atoms with Crippen molar-refractivity contribution in [2.45, 2.75) is 75.9 Å². The molecule has 6 heteroatoms. The summed E-state index contributed by atoms with van der Waals surface area (Å²) in [6.07, 6.45) is 10.6. The van der Waals surface area contributed by atoms with Gasteiger partial charge in [0.05, 0.1) is 5.60 Å². The molecule has 2 atom stereocenters. The number of thiophene rings is 1. The first-order valence-corrected chi connectivity index (χ1v) is 15.3. The van der Waals surface area contributed by atoms with Gasteiger partial charge in [-0.3, -0.25) is 4.90 Å². The molecule has 1 aromatic carbocycles. The summed E-state index contributed by atoms with van der Waals surface area (Å²) in [4.78, 5) is 5.28. The third kappa shape index (κ3) is 6.83. The number of benzene rings is 1. The van der Waals surface area contributed by atoms with Crippen molar-refractivity contribution in [1.82, 2.24) is 9.80 Å². The summed E-state index contributed by atoms with van der Waals surface area (Å²) in [5.41, 5.74) is 2.27. The van der Waals surface area contributed by atoms with Gasteiger partial charge in [0.2, 0.25) is 0 Å². The number of halogens is 2. The van der Waals surface area contributed by atoms with E-state index in [1.165, 1.54) is 63.7 Å². The Balaban J connectivity index is 1.17. The van der Waals surface area contributed by atoms with E-state index in [2.05, 4.69) is 32.7 Å². The van der Waals surface area contributed by atoms with Crippen LogP contribution in [0.4, 0.5) is 0 Å². The van der Waals surface area contributed by atoms with Crippen LogP contribution in [0.2, 0.25) is 10.0 Å². The van der Waals surface area contributed by atoms with Gasteiger partial charge in [-0.25, -0.2) is 0 Å². The summed E-state index contributed by atoms with van der Waals surface area (Å²) in [5.74, 6) is 1.91. The van der Waals surface area contributed by atoms with Crippen molar-refractivity contribution in [2.75, 3.05) is 32.7 Å². The lowest BCUT2D eigenvalue weighted by Crippen LogP contribution is -2.41. The van der Waals surface area contributed by atoms with E-state index in [1.807, 2.05) is 23.5 Å². The highest BCUT2D eigenvalue weighted by Crippen LogP contribution is 2.38. The van der Waals surface area contributed by atoms with Crippen LogP contribution in [0.1, 0.15) is 74.8 Å². The molecule has 5 rings (SSSR count). The molecule has 2 unspecified atom stereocenters. The lowest BCUT2D eigenvalue weighted by molar-refractivity contribution is -0.00889. The Kier molecular flexibility index (Phi) is 8.79. The molecule has 0 bridgehead atoms. The number of likely N-dealkylation sites (tertiary alicyclic amines) is 2. The zero-order valence-electron chi connectivity index (χ0n) is 20.8. The van der Waals surface area contributed by atoms with Gasteiger partial charge in [0.1, 0.15) is 0 Å². The number of rotatable bonds is 7. The van der Waals surface area contributed by atoms with Crippen molar-refractivity contribution in [2.24, 2.45) is 11.8 Å². The van der Waals surface area contributed by atoms with Gasteiger partial charge in [0.15, 0.2) is 0 Å². The van der Waals surface area contributed by atoms with E-state index in [0.717, 1.165) is 49.5 Å². The first-order chi connectivity index (χ1) is 17.0. The molecule has 1 aromatic heterocycles. The Morgan fingerprint density at radius 3 is 2.43 bits per heavy atom. The second-order valence-corrected chi connectivity index (χ2v) is 13.1. The second-order valence-electron chi connectivity index (χ2n) is 11.4. The maximum absolute atomic E-state index is 11.2. The van der Waals surface area contributed by atoms with Gasteiger partial charge in [-0.2, -0.15) is 11.3 Å². The summed E-state index contributed by atoms with van der Waals surface area (Å²) in [7, 11) is 0. The first-order valence-electron chi connectivity index (χ1n) is 13.6. The van der Waals surface area contributed by atoms with Crippen LogP contribution in [0.3, 0.4) is 0 Å². The summed E-state index contributed by atoms with van der Waals surface area (Å²) >= 11 is 14.4. The SMILES string of the molecule is OC1(CC2CCN(CC3CN(Cc4ccc(Cl)cc4Cl)CC3c3ccsc3)CC2)CCCCCC1. The molecule has 3 heterocycles.